The quantitative estimate of drug-likeness (QED) is 0.521. The van der Waals surface area contributed by atoms with Crippen LogP contribution in [-0.4, -0.2) is 47.3 Å². The fourth-order valence-electron chi connectivity index (χ4n) is 3.39. The van der Waals surface area contributed by atoms with Crippen LogP contribution in [0.25, 0.3) is 0 Å². The predicted molar refractivity (Wildman–Crippen MR) is 105 cm³/mol. The van der Waals surface area contributed by atoms with Crippen molar-refractivity contribution in [3.63, 3.8) is 0 Å². The van der Waals surface area contributed by atoms with Crippen molar-refractivity contribution in [1.82, 2.24) is 15.1 Å². The number of nitrogens with zero attached hydrogens (tertiary/aromatic N) is 2. The third kappa shape index (κ3) is 4.40. The molecule has 0 spiro atoms. The number of halogens is 1. The van der Waals surface area contributed by atoms with Gasteiger partial charge in [0, 0.05) is 13.1 Å². The van der Waals surface area contributed by atoms with E-state index in [1.807, 2.05) is 20.8 Å². The molecule has 1 aliphatic rings. The summed E-state index contributed by atoms with van der Waals surface area (Å²) in [7, 11) is 0. The first-order valence-electron chi connectivity index (χ1n) is 9.57. The maximum absolute atomic E-state index is 13.4. The Morgan fingerprint density at radius 1 is 1.25 bits per heavy atom. The molecule has 1 aliphatic heterocycles. The summed E-state index contributed by atoms with van der Waals surface area (Å²) in [5.41, 5.74) is 0.0628. The van der Waals surface area contributed by atoms with Gasteiger partial charge in [-0.05, 0) is 38.0 Å². The largest absolute Gasteiger partial charge is 0.337 e. The molecule has 0 bridgehead atoms. The lowest BCUT2D eigenvalue weighted by Crippen LogP contribution is -2.46. The van der Waals surface area contributed by atoms with E-state index in [0.717, 1.165) is 16.9 Å². The minimum atomic E-state index is -1.27. The number of rotatable bonds is 9. The van der Waals surface area contributed by atoms with E-state index < -0.39 is 23.3 Å². The van der Waals surface area contributed by atoms with Crippen molar-refractivity contribution < 1.29 is 18.8 Å². The minimum absolute atomic E-state index is 0.320. The fraction of sp³-hybridized carbons (Fsp3) is 0.476. The summed E-state index contributed by atoms with van der Waals surface area (Å²) in [5.74, 6) is -1.21. The van der Waals surface area contributed by atoms with Crippen molar-refractivity contribution in [3.8, 4) is 0 Å². The summed E-state index contributed by atoms with van der Waals surface area (Å²) < 4.78 is 13.4. The highest BCUT2D eigenvalue weighted by Crippen LogP contribution is 2.34. The van der Waals surface area contributed by atoms with Gasteiger partial charge in [0.2, 0.25) is 5.91 Å². The fourth-order valence-corrected chi connectivity index (χ4v) is 3.39. The van der Waals surface area contributed by atoms with E-state index in [1.54, 1.807) is 4.90 Å². The van der Waals surface area contributed by atoms with E-state index in [1.165, 1.54) is 24.3 Å². The lowest BCUT2D eigenvalue weighted by molar-refractivity contribution is -0.139. The van der Waals surface area contributed by atoms with Gasteiger partial charge in [-0.3, -0.25) is 14.5 Å². The summed E-state index contributed by atoms with van der Waals surface area (Å²) >= 11 is 0. The molecule has 1 N–H and O–H groups in total. The van der Waals surface area contributed by atoms with Gasteiger partial charge in [0.15, 0.2) is 0 Å². The van der Waals surface area contributed by atoms with E-state index in [0.29, 0.717) is 31.5 Å². The number of hydrogen-bond donors (Lipinski definition) is 1. The summed E-state index contributed by atoms with van der Waals surface area (Å²) in [6.07, 6.45) is 1.91. The Balaban J connectivity index is 2.30. The predicted octanol–water partition coefficient (Wildman–Crippen LogP) is 3.19. The summed E-state index contributed by atoms with van der Waals surface area (Å²) in [6.45, 7) is 9.93. The van der Waals surface area contributed by atoms with Gasteiger partial charge in [-0.1, -0.05) is 44.1 Å². The van der Waals surface area contributed by atoms with Gasteiger partial charge in [-0.15, -0.1) is 0 Å². The number of carbonyl (C=O) groups excluding carboxylic acids is 3. The number of unbranched alkanes of at least 4 members (excludes halogenated alkanes) is 1. The van der Waals surface area contributed by atoms with Crippen LogP contribution in [0, 0.1) is 5.82 Å². The van der Waals surface area contributed by atoms with E-state index in [2.05, 4.69) is 11.9 Å². The second kappa shape index (κ2) is 8.99. The maximum atomic E-state index is 13.4. The molecule has 0 aromatic heterocycles. The third-order valence-corrected chi connectivity index (χ3v) is 4.91. The second-order valence-electron chi connectivity index (χ2n) is 7.20. The van der Waals surface area contributed by atoms with Gasteiger partial charge in [-0.2, -0.15) is 0 Å². The number of imide groups is 1. The van der Waals surface area contributed by atoms with Gasteiger partial charge in [-0.25, -0.2) is 9.18 Å². The van der Waals surface area contributed by atoms with Gasteiger partial charge >= 0.3 is 6.03 Å². The minimum Gasteiger partial charge on any atom is -0.337 e. The first kappa shape index (κ1) is 21.6. The Morgan fingerprint density at radius 3 is 2.43 bits per heavy atom. The van der Waals surface area contributed by atoms with Crippen LogP contribution < -0.4 is 5.32 Å². The Bertz CT molecular complexity index is 763. The average molecular weight is 389 g/mol. The number of likely N-dealkylation sites (N-methyl/N-ethyl adjacent to an activating group) is 1. The molecule has 0 aliphatic carbocycles. The topological polar surface area (TPSA) is 69.7 Å². The lowest BCUT2D eigenvalue weighted by Gasteiger charge is -2.28. The molecule has 152 valence electrons. The standard InChI is InChI=1S/C21H28FN3O3/c1-5-7-12-21(16-8-10-17(22)11-9-16)19(27)25(20(28)23-21)14-18(26)24(6-2)13-15(3)4/h8-11H,3,5-7,12-14H2,1-2,4H3,(H,23,28)/t21-/m0/s1. The molecule has 0 unspecified atom stereocenters. The highest BCUT2D eigenvalue weighted by atomic mass is 19.1. The molecule has 28 heavy (non-hydrogen) atoms. The molecule has 1 fully saturated rings. The molecule has 0 saturated carbocycles. The van der Waals surface area contributed by atoms with Crippen LogP contribution in [0.1, 0.15) is 45.6 Å². The molecule has 1 aromatic carbocycles. The Kier molecular flexibility index (Phi) is 6.94. The second-order valence-corrected chi connectivity index (χ2v) is 7.20. The lowest BCUT2D eigenvalue weighted by atomic mass is 9.85. The number of nitrogens with one attached hydrogen (secondary N) is 1. The highest BCUT2D eigenvalue weighted by Gasteiger charge is 2.52. The van der Waals surface area contributed by atoms with Gasteiger partial charge in [0.05, 0.1) is 0 Å². The van der Waals surface area contributed by atoms with E-state index in [-0.39, 0.29) is 12.5 Å². The van der Waals surface area contributed by atoms with Gasteiger partial charge in [0.1, 0.15) is 17.9 Å². The average Bonchev–Trinajstić information content (AvgIpc) is 2.89. The summed E-state index contributed by atoms with van der Waals surface area (Å²) in [5, 5.41) is 2.77. The molecule has 7 heteroatoms. The first-order chi connectivity index (χ1) is 13.2. The van der Waals surface area contributed by atoms with Crippen LogP contribution in [0.2, 0.25) is 0 Å². The molecular formula is C21H28FN3O3. The van der Waals surface area contributed by atoms with Gasteiger partial charge < -0.3 is 10.2 Å². The van der Waals surface area contributed by atoms with E-state index in [9.17, 15) is 18.8 Å². The Morgan fingerprint density at radius 2 is 1.89 bits per heavy atom. The zero-order valence-electron chi connectivity index (χ0n) is 16.8. The van der Waals surface area contributed by atoms with Crippen molar-refractivity contribution >= 4 is 17.8 Å². The molecule has 4 amide bonds. The number of carbonyl (C=O) groups is 3. The van der Waals surface area contributed by atoms with Crippen LogP contribution in [0.5, 0.6) is 0 Å². The first-order valence-corrected chi connectivity index (χ1v) is 9.57. The molecule has 1 atom stereocenters. The van der Waals surface area contributed by atoms with Crippen molar-refractivity contribution in [2.24, 2.45) is 0 Å². The molecule has 0 radical (unpaired) electrons. The smallest absolute Gasteiger partial charge is 0.325 e. The van der Waals surface area contributed by atoms with Crippen LogP contribution in [-0.2, 0) is 15.1 Å². The molecule has 1 aromatic rings. The Hall–Kier alpha value is -2.70. The monoisotopic (exact) mass is 389 g/mol. The highest BCUT2D eigenvalue weighted by molar-refractivity contribution is 6.09. The third-order valence-electron chi connectivity index (χ3n) is 4.91. The van der Waals surface area contributed by atoms with Gasteiger partial charge in [0.25, 0.3) is 5.91 Å². The number of benzene rings is 1. The Labute approximate surface area is 165 Å². The normalized spacial score (nSPS) is 18.9. The van der Waals surface area contributed by atoms with Crippen LogP contribution in [0.15, 0.2) is 36.4 Å². The molecule has 6 nitrogen and oxygen atoms in total. The van der Waals surface area contributed by atoms with Crippen LogP contribution in [0.4, 0.5) is 9.18 Å². The number of hydrogen-bond acceptors (Lipinski definition) is 3. The number of urea groups is 1. The van der Waals surface area contributed by atoms with Crippen molar-refractivity contribution in [2.45, 2.75) is 45.6 Å². The van der Waals surface area contributed by atoms with Crippen LogP contribution >= 0.6 is 0 Å². The van der Waals surface area contributed by atoms with E-state index in [4.69, 9.17) is 0 Å². The summed E-state index contributed by atoms with van der Waals surface area (Å²) in [6, 6.07) is 4.94. The zero-order chi connectivity index (χ0) is 20.9. The molecule has 2 rings (SSSR count). The van der Waals surface area contributed by atoms with Crippen molar-refractivity contribution in [1.29, 1.82) is 0 Å². The summed E-state index contributed by atoms with van der Waals surface area (Å²) in [4.78, 5) is 41.0. The van der Waals surface area contributed by atoms with Crippen molar-refractivity contribution in [3.05, 3.63) is 47.8 Å². The molecule has 1 saturated heterocycles. The zero-order valence-corrected chi connectivity index (χ0v) is 16.8. The number of amides is 4. The maximum Gasteiger partial charge on any atom is 0.325 e. The van der Waals surface area contributed by atoms with Crippen molar-refractivity contribution in [2.75, 3.05) is 19.6 Å². The van der Waals surface area contributed by atoms with Crippen LogP contribution in [0.3, 0.4) is 0 Å². The van der Waals surface area contributed by atoms with E-state index >= 15 is 0 Å². The molecular weight excluding hydrogens is 361 g/mol. The SMILES string of the molecule is C=C(C)CN(CC)C(=O)CN1C(=O)N[C@@](CCCC)(c2ccc(F)cc2)C1=O. The molecule has 1 heterocycles.